The molecule has 0 aromatic heterocycles. The van der Waals surface area contributed by atoms with Crippen molar-refractivity contribution >= 4 is 28.6 Å². The minimum Gasteiger partial charge on any atom is -0.463 e. The molecule has 0 amide bonds. The van der Waals surface area contributed by atoms with Crippen LogP contribution < -0.4 is 0 Å². The van der Waals surface area contributed by atoms with E-state index in [-0.39, 0.29) is 0 Å². The number of ether oxygens (including phenoxy) is 3. The van der Waals surface area contributed by atoms with Crippen LogP contribution in [-0.4, -0.2) is 46.2 Å². The van der Waals surface area contributed by atoms with Crippen molar-refractivity contribution in [2.75, 3.05) is 11.0 Å². The first-order valence-corrected chi connectivity index (χ1v) is 7.36. The molecule has 1 N–H and O–H groups in total. The second-order valence-electron chi connectivity index (χ2n) is 4.40. The van der Waals surface area contributed by atoms with Crippen LogP contribution in [0.25, 0.3) is 0 Å². The number of aliphatic hydroxyl groups excluding tert-OH is 1. The number of hydrogen-bond donors (Lipinski definition) is 1. The van der Waals surface area contributed by atoms with Crippen molar-refractivity contribution in [3.8, 4) is 0 Å². The zero-order valence-corrected chi connectivity index (χ0v) is 12.9. The summed E-state index contributed by atoms with van der Waals surface area (Å²) in [6.07, 6.45) is 1.33. The predicted molar refractivity (Wildman–Crippen MR) is 74.5 cm³/mol. The summed E-state index contributed by atoms with van der Waals surface area (Å²) in [4.78, 5) is 11.2. The summed E-state index contributed by atoms with van der Waals surface area (Å²) in [5, 5.41) is 9.87. The van der Waals surface area contributed by atoms with Gasteiger partial charge >= 0.3 is 5.97 Å². The van der Waals surface area contributed by atoms with E-state index in [2.05, 4.69) is 22.6 Å². The van der Waals surface area contributed by atoms with Crippen LogP contribution in [0.3, 0.4) is 0 Å². The van der Waals surface area contributed by atoms with E-state index < -0.39 is 30.1 Å². The Morgan fingerprint density at radius 1 is 1.56 bits per heavy atom. The summed E-state index contributed by atoms with van der Waals surface area (Å²) >= 11 is 2.08. The van der Waals surface area contributed by atoms with Crippen LogP contribution in [0.2, 0.25) is 0 Å². The summed E-state index contributed by atoms with van der Waals surface area (Å²) in [6, 6.07) is 0. The molecular formula is C12H19IO5. The molecule has 0 spiro atoms. The highest BCUT2D eigenvalue weighted by molar-refractivity contribution is 14.1. The summed E-state index contributed by atoms with van der Waals surface area (Å²) in [5.74, 6) is -1.19. The number of hydrogen-bond acceptors (Lipinski definition) is 5. The number of carbonyl (C=O) groups is 1. The molecule has 0 aromatic carbocycles. The van der Waals surface area contributed by atoms with Gasteiger partial charge in [-0.3, -0.25) is 0 Å². The highest BCUT2D eigenvalue weighted by Crippen LogP contribution is 2.31. The van der Waals surface area contributed by atoms with Gasteiger partial charge in [0.15, 0.2) is 5.79 Å². The van der Waals surface area contributed by atoms with Crippen molar-refractivity contribution in [2.45, 2.75) is 44.9 Å². The molecule has 0 aromatic rings. The lowest BCUT2D eigenvalue weighted by molar-refractivity contribution is -0.151. The van der Waals surface area contributed by atoms with Crippen LogP contribution in [-0.2, 0) is 19.0 Å². The highest BCUT2D eigenvalue weighted by Gasteiger charge is 2.43. The van der Waals surface area contributed by atoms with Gasteiger partial charge < -0.3 is 19.3 Å². The van der Waals surface area contributed by atoms with E-state index in [1.54, 1.807) is 26.8 Å². The van der Waals surface area contributed by atoms with Gasteiger partial charge in [-0.15, -0.1) is 0 Å². The molecule has 1 fully saturated rings. The molecule has 1 rings (SSSR count). The average Bonchev–Trinajstić information content (AvgIpc) is 2.61. The molecule has 0 saturated carbocycles. The Morgan fingerprint density at radius 2 is 2.22 bits per heavy atom. The van der Waals surface area contributed by atoms with E-state index >= 15 is 0 Å². The van der Waals surface area contributed by atoms with Gasteiger partial charge in [0.1, 0.15) is 12.2 Å². The maximum atomic E-state index is 11.2. The number of carbonyl (C=O) groups excluding carboxylic acids is 1. The van der Waals surface area contributed by atoms with Crippen LogP contribution >= 0.6 is 22.6 Å². The molecule has 18 heavy (non-hydrogen) atoms. The van der Waals surface area contributed by atoms with Crippen molar-refractivity contribution in [1.82, 2.24) is 0 Å². The van der Waals surface area contributed by atoms with Crippen molar-refractivity contribution in [2.24, 2.45) is 0 Å². The monoisotopic (exact) mass is 370 g/mol. The van der Waals surface area contributed by atoms with E-state index in [0.717, 1.165) is 0 Å². The van der Waals surface area contributed by atoms with Crippen LogP contribution in [0.15, 0.2) is 12.2 Å². The summed E-state index contributed by atoms with van der Waals surface area (Å²) in [7, 11) is 0. The molecule has 0 radical (unpaired) electrons. The Bertz CT molecular complexity index is 316. The summed E-state index contributed by atoms with van der Waals surface area (Å²) in [5.41, 5.74) is 0. The lowest BCUT2D eigenvalue weighted by Gasteiger charge is -2.19. The van der Waals surface area contributed by atoms with Crippen molar-refractivity contribution in [3.05, 3.63) is 12.2 Å². The normalized spacial score (nSPS) is 28.5. The van der Waals surface area contributed by atoms with Gasteiger partial charge in [-0.25, -0.2) is 4.79 Å². The van der Waals surface area contributed by atoms with Crippen molar-refractivity contribution in [1.29, 1.82) is 0 Å². The van der Waals surface area contributed by atoms with E-state index in [4.69, 9.17) is 14.2 Å². The molecule has 104 valence electrons. The van der Waals surface area contributed by atoms with Gasteiger partial charge in [-0.2, -0.15) is 0 Å². The quantitative estimate of drug-likeness (QED) is 0.343. The van der Waals surface area contributed by atoms with Crippen LogP contribution in [0, 0.1) is 0 Å². The standard InChI is InChI=1S/C12H19IO5/c1-4-16-10(15)6-5-9-11(8(14)7-13)18-12(2,3)17-9/h5-6,8-9,11,14H,4,7H2,1-3H3/b6-5-/t8-,9+,11-/m1/s1. The van der Waals surface area contributed by atoms with Crippen molar-refractivity contribution < 1.29 is 24.1 Å². The fourth-order valence-corrected chi connectivity index (χ4v) is 2.22. The van der Waals surface area contributed by atoms with E-state index in [0.29, 0.717) is 11.0 Å². The summed E-state index contributed by atoms with van der Waals surface area (Å²) in [6.45, 7) is 5.62. The van der Waals surface area contributed by atoms with Gasteiger partial charge in [0.2, 0.25) is 0 Å². The fourth-order valence-electron chi connectivity index (χ4n) is 1.72. The molecular weight excluding hydrogens is 351 g/mol. The fraction of sp³-hybridized carbons (Fsp3) is 0.750. The average molecular weight is 370 g/mol. The van der Waals surface area contributed by atoms with Crippen LogP contribution in [0.1, 0.15) is 20.8 Å². The van der Waals surface area contributed by atoms with Gasteiger partial charge in [0.05, 0.1) is 12.7 Å². The Hall–Kier alpha value is -0.180. The SMILES string of the molecule is CCOC(=O)/C=C\[C@@H]1OC(C)(C)O[C@@H]1[C@H](O)CI. The maximum Gasteiger partial charge on any atom is 0.330 e. The summed E-state index contributed by atoms with van der Waals surface area (Å²) < 4.78 is 16.6. The third-order valence-electron chi connectivity index (χ3n) is 2.41. The van der Waals surface area contributed by atoms with Gasteiger partial charge in [0.25, 0.3) is 0 Å². The number of aliphatic hydroxyl groups is 1. The lowest BCUT2D eigenvalue weighted by Crippen LogP contribution is -2.35. The van der Waals surface area contributed by atoms with E-state index in [1.165, 1.54) is 6.08 Å². The molecule has 5 nitrogen and oxygen atoms in total. The van der Waals surface area contributed by atoms with Gasteiger partial charge in [-0.05, 0) is 26.8 Å². The maximum absolute atomic E-state index is 11.2. The Balaban J connectivity index is 2.69. The first-order chi connectivity index (χ1) is 8.39. The Labute approximate surface area is 121 Å². The third-order valence-corrected chi connectivity index (χ3v) is 3.31. The smallest absolute Gasteiger partial charge is 0.330 e. The zero-order chi connectivity index (χ0) is 13.8. The number of alkyl halides is 1. The highest BCUT2D eigenvalue weighted by atomic mass is 127. The second kappa shape index (κ2) is 6.83. The van der Waals surface area contributed by atoms with Gasteiger partial charge in [-0.1, -0.05) is 22.6 Å². The first-order valence-electron chi connectivity index (χ1n) is 5.84. The molecule has 6 heteroatoms. The molecule has 0 bridgehead atoms. The molecule has 3 atom stereocenters. The third kappa shape index (κ3) is 4.49. The lowest BCUT2D eigenvalue weighted by atomic mass is 10.1. The number of esters is 1. The molecule has 0 aliphatic carbocycles. The van der Waals surface area contributed by atoms with E-state index in [9.17, 15) is 9.90 Å². The Kier molecular flexibility index (Phi) is 6.03. The second-order valence-corrected chi connectivity index (χ2v) is 5.28. The zero-order valence-electron chi connectivity index (χ0n) is 10.8. The van der Waals surface area contributed by atoms with Gasteiger partial charge in [0, 0.05) is 10.5 Å². The number of rotatable bonds is 5. The number of halogens is 1. The first kappa shape index (κ1) is 15.9. The van der Waals surface area contributed by atoms with E-state index in [1.807, 2.05) is 0 Å². The predicted octanol–water partition coefficient (Wildman–Crippen LogP) is 1.42. The molecule has 1 heterocycles. The molecule has 1 saturated heterocycles. The van der Waals surface area contributed by atoms with Crippen LogP contribution in [0.5, 0.6) is 0 Å². The topological polar surface area (TPSA) is 65.0 Å². The Morgan fingerprint density at radius 3 is 2.78 bits per heavy atom. The minimum atomic E-state index is -0.763. The van der Waals surface area contributed by atoms with Crippen LogP contribution in [0.4, 0.5) is 0 Å². The largest absolute Gasteiger partial charge is 0.463 e. The molecule has 1 aliphatic heterocycles. The minimum absolute atomic E-state index is 0.330. The molecule has 0 unspecified atom stereocenters. The molecule has 1 aliphatic rings. The van der Waals surface area contributed by atoms with Crippen molar-refractivity contribution in [3.63, 3.8) is 0 Å².